The van der Waals surface area contributed by atoms with Crippen molar-refractivity contribution in [3.8, 4) is 0 Å². The van der Waals surface area contributed by atoms with Gasteiger partial charge in [-0.15, -0.1) is 0 Å². The average molecular weight is 97.0 g/mol. The SMILES string of the molecule is C[C@H](N)C(=O)O.[LiH]. The Morgan fingerprint density at radius 3 is 2.00 bits per heavy atom. The Labute approximate surface area is 54.1 Å². The molecule has 0 aliphatic carbocycles. The molecule has 0 saturated heterocycles. The normalized spacial score (nSPS) is 11.7. The van der Waals surface area contributed by atoms with Crippen LogP contribution in [-0.4, -0.2) is 36.0 Å². The van der Waals surface area contributed by atoms with Crippen molar-refractivity contribution >= 4 is 24.8 Å². The molecule has 1 atom stereocenters. The van der Waals surface area contributed by atoms with E-state index in [-0.39, 0.29) is 18.9 Å². The summed E-state index contributed by atoms with van der Waals surface area (Å²) in [5.41, 5.74) is 4.84. The zero-order chi connectivity index (χ0) is 5.15. The molecular formula is C3H8LiNO2. The molecule has 0 amide bonds. The molecule has 4 heteroatoms. The first-order valence-electron chi connectivity index (χ1n) is 1.63. The summed E-state index contributed by atoms with van der Waals surface area (Å²) in [6, 6.07) is -0.731. The second-order valence-electron chi connectivity index (χ2n) is 1.13. The maximum atomic E-state index is 9.57. The van der Waals surface area contributed by atoms with Crippen LogP contribution in [0.2, 0.25) is 0 Å². The summed E-state index contributed by atoms with van der Waals surface area (Å²) >= 11 is 0. The molecule has 0 fully saturated rings. The van der Waals surface area contributed by atoms with Gasteiger partial charge in [0.15, 0.2) is 0 Å². The van der Waals surface area contributed by atoms with Gasteiger partial charge in [0.05, 0.1) is 0 Å². The molecule has 0 unspecified atom stereocenters. The van der Waals surface area contributed by atoms with E-state index in [0.717, 1.165) is 0 Å². The summed E-state index contributed by atoms with van der Waals surface area (Å²) in [7, 11) is 0. The fourth-order valence-corrected chi connectivity index (χ4v) is 0. The predicted molar refractivity (Wildman–Crippen MR) is 28.4 cm³/mol. The van der Waals surface area contributed by atoms with Crippen molar-refractivity contribution in [1.82, 2.24) is 0 Å². The zero-order valence-electron chi connectivity index (χ0n) is 3.51. The van der Waals surface area contributed by atoms with E-state index in [2.05, 4.69) is 0 Å². The molecule has 7 heavy (non-hydrogen) atoms. The molecule has 0 aliphatic heterocycles. The van der Waals surface area contributed by atoms with Gasteiger partial charge in [0.1, 0.15) is 6.04 Å². The molecular weight excluding hydrogens is 89.0 g/mol. The van der Waals surface area contributed by atoms with Gasteiger partial charge in [-0.05, 0) is 6.92 Å². The van der Waals surface area contributed by atoms with Crippen LogP contribution >= 0.6 is 0 Å². The maximum absolute atomic E-state index is 9.57. The first-order chi connectivity index (χ1) is 2.64. The number of hydrogen-bond donors (Lipinski definition) is 2. The Kier molecular flexibility index (Phi) is 6.05. The Bertz CT molecular complexity index is 64.0. The Morgan fingerprint density at radius 1 is 1.86 bits per heavy atom. The van der Waals surface area contributed by atoms with Gasteiger partial charge in [-0.1, -0.05) is 0 Å². The van der Waals surface area contributed by atoms with Crippen molar-refractivity contribution in [2.75, 3.05) is 0 Å². The van der Waals surface area contributed by atoms with Crippen LogP contribution in [0.3, 0.4) is 0 Å². The number of carbonyl (C=O) groups is 1. The third kappa shape index (κ3) is 6.03. The molecule has 0 spiro atoms. The van der Waals surface area contributed by atoms with Crippen LogP contribution in [0.25, 0.3) is 0 Å². The molecule has 0 aliphatic rings. The van der Waals surface area contributed by atoms with E-state index >= 15 is 0 Å². The van der Waals surface area contributed by atoms with Crippen LogP contribution in [-0.2, 0) is 4.79 Å². The van der Waals surface area contributed by atoms with Gasteiger partial charge in [-0.2, -0.15) is 0 Å². The molecule has 0 radical (unpaired) electrons. The number of hydrogen-bond acceptors (Lipinski definition) is 2. The van der Waals surface area contributed by atoms with Crippen LogP contribution in [0.1, 0.15) is 6.92 Å². The van der Waals surface area contributed by atoms with E-state index < -0.39 is 12.0 Å². The summed E-state index contributed by atoms with van der Waals surface area (Å²) in [5.74, 6) is -0.963. The van der Waals surface area contributed by atoms with Crippen LogP contribution in [0.15, 0.2) is 0 Å². The average Bonchev–Trinajstić information content (AvgIpc) is 1.36. The van der Waals surface area contributed by atoms with Gasteiger partial charge in [-0.3, -0.25) is 4.79 Å². The second-order valence-corrected chi connectivity index (χ2v) is 1.13. The van der Waals surface area contributed by atoms with Gasteiger partial charge in [0.25, 0.3) is 0 Å². The molecule has 0 aromatic rings. The third-order valence-corrected chi connectivity index (χ3v) is 0.390. The third-order valence-electron chi connectivity index (χ3n) is 0.390. The van der Waals surface area contributed by atoms with Gasteiger partial charge in [0, 0.05) is 0 Å². The number of nitrogens with two attached hydrogens (primary N) is 1. The van der Waals surface area contributed by atoms with Crippen molar-refractivity contribution < 1.29 is 9.90 Å². The first kappa shape index (κ1) is 10.1. The number of aliphatic carboxylic acids is 1. The summed E-state index contributed by atoms with van der Waals surface area (Å²) < 4.78 is 0. The Balaban J connectivity index is 0. The van der Waals surface area contributed by atoms with E-state index in [1.54, 1.807) is 0 Å². The summed E-state index contributed by atoms with van der Waals surface area (Å²) in [4.78, 5) is 9.57. The number of carboxylic acid groups (broad SMARTS) is 1. The molecule has 0 aromatic carbocycles. The van der Waals surface area contributed by atoms with Crippen molar-refractivity contribution in [2.45, 2.75) is 13.0 Å². The van der Waals surface area contributed by atoms with Crippen LogP contribution < -0.4 is 5.73 Å². The fraction of sp³-hybridized carbons (Fsp3) is 0.667. The van der Waals surface area contributed by atoms with Gasteiger partial charge >= 0.3 is 24.8 Å². The van der Waals surface area contributed by atoms with Crippen LogP contribution in [0.4, 0.5) is 0 Å². The second kappa shape index (κ2) is 4.19. The van der Waals surface area contributed by atoms with Crippen LogP contribution in [0, 0.1) is 0 Å². The molecule has 0 heterocycles. The minimum absolute atomic E-state index is 0. The van der Waals surface area contributed by atoms with Gasteiger partial charge in [-0.25, -0.2) is 0 Å². The van der Waals surface area contributed by atoms with Crippen molar-refractivity contribution in [1.29, 1.82) is 0 Å². The van der Waals surface area contributed by atoms with E-state index in [9.17, 15) is 4.79 Å². The number of carboxylic acids is 1. The molecule has 0 aromatic heterocycles. The van der Waals surface area contributed by atoms with E-state index in [4.69, 9.17) is 10.8 Å². The quantitative estimate of drug-likeness (QED) is 0.402. The molecule has 3 N–H and O–H groups in total. The summed E-state index contributed by atoms with van der Waals surface area (Å²) in [5, 5.41) is 7.87. The standard InChI is InChI=1S/C3H7NO2.Li.H/c1-2(4)3(5)6;;/h2H,4H2,1H3,(H,5,6);;/t2-;;/m0../s1. The van der Waals surface area contributed by atoms with E-state index in [0.29, 0.717) is 0 Å². The first-order valence-corrected chi connectivity index (χ1v) is 1.63. The molecule has 0 saturated carbocycles. The Hall–Kier alpha value is 0.0274. The minimum atomic E-state index is -0.963. The van der Waals surface area contributed by atoms with Crippen LogP contribution in [0.5, 0.6) is 0 Å². The van der Waals surface area contributed by atoms with E-state index in [1.165, 1.54) is 6.92 Å². The monoisotopic (exact) mass is 97.1 g/mol. The summed E-state index contributed by atoms with van der Waals surface area (Å²) in [6.45, 7) is 1.42. The molecule has 3 nitrogen and oxygen atoms in total. The molecule has 0 bridgehead atoms. The van der Waals surface area contributed by atoms with Gasteiger partial charge < -0.3 is 10.8 Å². The fourth-order valence-electron chi connectivity index (χ4n) is 0. The van der Waals surface area contributed by atoms with Gasteiger partial charge in [0.2, 0.25) is 0 Å². The number of rotatable bonds is 1. The van der Waals surface area contributed by atoms with Crippen molar-refractivity contribution in [3.05, 3.63) is 0 Å². The predicted octanol–water partition coefficient (Wildman–Crippen LogP) is -1.23. The van der Waals surface area contributed by atoms with E-state index in [1.807, 2.05) is 0 Å². The van der Waals surface area contributed by atoms with Crippen molar-refractivity contribution in [3.63, 3.8) is 0 Å². The zero-order valence-corrected chi connectivity index (χ0v) is 3.51. The van der Waals surface area contributed by atoms with Crippen molar-refractivity contribution in [2.24, 2.45) is 5.73 Å². The summed E-state index contributed by atoms with van der Waals surface area (Å²) in [6.07, 6.45) is 0. The Morgan fingerprint density at radius 2 is 2.00 bits per heavy atom. The topological polar surface area (TPSA) is 63.3 Å². The molecule has 0 rings (SSSR count). The molecule has 38 valence electrons.